The van der Waals surface area contributed by atoms with E-state index in [-0.39, 0.29) is 61.4 Å². The second kappa shape index (κ2) is 32.2. The number of nitrogens with two attached hydrogens (primary N) is 2. The van der Waals surface area contributed by atoms with Gasteiger partial charge < -0.3 is 51.3 Å². The highest BCUT2D eigenvalue weighted by atomic mass is 19.4. The summed E-state index contributed by atoms with van der Waals surface area (Å²) in [6.07, 6.45) is -8.14. The van der Waals surface area contributed by atoms with E-state index in [9.17, 15) is 55.7 Å². The largest absolute Gasteiger partial charge is 0.416 e. The monoisotopic (exact) mass is 1070 g/mol. The number of hydrogen-bond donors (Lipinski definition) is 6. The van der Waals surface area contributed by atoms with Gasteiger partial charge in [0, 0.05) is 57.1 Å². The van der Waals surface area contributed by atoms with Gasteiger partial charge >= 0.3 is 18.4 Å². The number of nitrogens with zero attached hydrogens (tertiary/aromatic N) is 2. The van der Waals surface area contributed by atoms with Crippen LogP contribution in [-0.2, 0) is 31.3 Å². The number of rotatable bonds is 9. The number of aldehydes is 2. The third-order valence-corrected chi connectivity index (χ3v) is 9.64. The normalized spacial score (nSPS) is 12.8. The molecule has 0 radical (unpaired) electrons. The van der Waals surface area contributed by atoms with Crippen molar-refractivity contribution in [2.24, 2.45) is 5.18 Å². The van der Waals surface area contributed by atoms with Gasteiger partial charge in [-0.3, -0.25) is 19.7 Å². The van der Waals surface area contributed by atoms with Crippen LogP contribution in [0.2, 0.25) is 0 Å². The second-order valence-electron chi connectivity index (χ2n) is 15.3. The topological polar surface area (TPSA) is 277 Å². The molecule has 2 heterocycles. The quantitative estimate of drug-likeness (QED) is 0.0196. The first-order valence-electron chi connectivity index (χ1n) is 22.0. The van der Waals surface area contributed by atoms with Crippen LogP contribution in [0.25, 0.3) is 0 Å². The first kappa shape index (κ1) is 64.0. The van der Waals surface area contributed by atoms with Crippen molar-refractivity contribution in [2.75, 3.05) is 61.7 Å². The zero-order chi connectivity index (χ0) is 55.6. The van der Waals surface area contributed by atoms with Gasteiger partial charge in [-0.15, -0.1) is 4.91 Å². The molecule has 8 N–H and O–H groups in total. The van der Waals surface area contributed by atoms with E-state index in [1.165, 1.54) is 68.4 Å². The van der Waals surface area contributed by atoms with Crippen molar-refractivity contribution in [3.63, 3.8) is 0 Å². The Bertz CT molecular complexity index is 2730. The number of aliphatic hydroxyl groups is 2. The standard InChI is InChI=1S/C16H13F3N2O2.2C9H11NO2.C8H6F3NO.C7H5NO3.C2H6O2.CH4/c1-10-5-6-13(8-14(10)16(17,18)19)21-15(23)20-12-4-2-3-11(7-12)9-22;2*10-8-3-1-2-7(6-8)9-11-4-5-12-9;1-5-2-3-6(12-13)4-7(5)8(9,10)11;9-5-6-2-1-3-7(4-6)8(10)11;3-1-2-4;/h2-9H,1H3,(H2,20,21,23);2*1-3,6,9H,4-5,10H2;2-4H,1H3;1-5H;3-4H,1-2H2;1H4. The molecule has 2 aliphatic rings. The maximum atomic E-state index is 12.8. The van der Waals surface area contributed by atoms with Crippen molar-refractivity contribution < 1.29 is 74.8 Å². The van der Waals surface area contributed by atoms with Crippen LogP contribution in [0.5, 0.6) is 0 Å². The van der Waals surface area contributed by atoms with Crippen LogP contribution >= 0.6 is 0 Å². The van der Waals surface area contributed by atoms with E-state index >= 15 is 0 Å². The number of amides is 2. The van der Waals surface area contributed by atoms with E-state index in [2.05, 4.69) is 15.8 Å². The Morgan fingerprint density at radius 3 is 1.49 bits per heavy atom. The van der Waals surface area contributed by atoms with Gasteiger partial charge in [0.2, 0.25) is 0 Å². The molecular weight excluding hydrogens is 1010 g/mol. The maximum absolute atomic E-state index is 12.8. The molecule has 0 atom stereocenters. The Balaban J connectivity index is 0.000000328. The second-order valence-corrected chi connectivity index (χ2v) is 15.3. The fraction of sp³-hybridized carbons (Fsp3) is 0.250. The number of non-ortho nitro benzene ring substituents is 1. The van der Waals surface area contributed by atoms with Gasteiger partial charge in [-0.05, 0) is 90.8 Å². The van der Waals surface area contributed by atoms with Gasteiger partial charge in [-0.1, -0.05) is 68.1 Å². The molecule has 0 bridgehead atoms. The Morgan fingerprint density at radius 1 is 0.645 bits per heavy atom. The van der Waals surface area contributed by atoms with Crippen LogP contribution in [0, 0.1) is 28.9 Å². The van der Waals surface area contributed by atoms with Gasteiger partial charge in [-0.25, -0.2) is 4.79 Å². The van der Waals surface area contributed by atoms with E-state index in [1.54, 1.807) is 18.2 Å². The Hall–Kier alpha value is -8.13. The van der Waals surface area contributed by atoms with Crippen molar-refractivity contribution in [3.8, 4) is 0 Å². The number of nitrogens with one attached hydrogen (secondary N) is 2. The molecule has 0 spiro atoms. The molecule has 76 heavy (non-hydrogen) atoms. The number of anilines is 4. The minimum absolute atomic E-state index is 0. The summed E-state index contributed by atoms with van der Waals surface area (Å²) in [6, 6.07) is 32.9. The molecule has 8 rings (SSSR count). The lowest BCUT2D eigenvalue weighted by atomic mass is 10.1. The summed E-state index contributed by atoms with van der Waals surface area (Å²) in [4.78, 5) is 52.3. The SMILES string of the molecule is C.Cc1ccc(N=O)cc1C(F)(F)F.Cc1ccc(NC(=O)Nc2cccc(C=O)c2)cc1C(F)(F)F.Nc1cccc(C2OCCO2)c1.Nc1cccc(C2OCCO2)c1.O=Cc1cccc([N+](=O)[O-])c1.OCCO. The first-order chi connectivity index (χ1) is 35.6. The van der Waals surface area contributed by atoms with Gasteiger partial charge in [0.1, 0.15) is 18.3 Å². The molecule has 0 unspecified atom stereocenters. The number of benzene rings is 6. The van der Waals surface area contributed by atoms with Gasteiger partial charge in [0.05, 0.1) is 55.7 Å². The van der Waals surface area contributed by atoms with Crippen molar-refractivity contribution in [3.05, 3.63) is 193 Å². The van der Waals surface area contributed by atoms with Gasteiger partial charge in [0.15, 0.2) is 12.6 Å². The molecule has 18 nitrogen and oxygen atoms in total. The Kier molecular flexibility index (Phi) is 27.1. The average Bonchev–Trinajstić information content (AvgIpc) is 4.14. The number of carbonyl (C=O) groups excluding carboxylic acids is 3. The number of nitro groups is 1. The highest BCUT2D eigenvalue weighted by Gasteiger charge is 2.33. The smallest absolute Gasteiger partial charge is 0.399 e. The average molecular weight is 1070 g/mol. The van der Waals surface area contributed by atoms with E-state index in [0.717, 1.165) is 34.6 Å². The summed E-state index contributed by atoms with van der Waals surface area (Å²) in [5.41, 5.74) is 14.0. The van der Waals surface area contributed by atoms with Crippen molar-refractivity contribution in [1.82, 2.24) is 0 Å². The summed E-state index contributed by atoms with van der Waals surface area (Å²) in [5.74, 6) is 0. The summed E-state index contributed by atoms with van der Waals surface area (Å²) in [6.45, 7) is 5.09. The molecule has 408 valence electrons. The number of nitrogen functional groups attached to an aromatic ring is 2. The molecule has 6 aromatic rings. The fourth-order valence-electron chi connectivity index (χ4n) is 6.19. The number of halogens is 6. The lowest BCUT2D eigenvalue weighted by Gasteiger charge is -2.13. The third kappa shape index (κ3) is 22.6. The van der Waals surface area contributed by atoms with Crippen LogP contribution in [0.1, 0.15) is 74.1 Å². The number of aliphatic hydroxyl groups excluding tert-OH is 2. The lowest BCUT2D eigenvalue weighted by Crippen LogP contribution is -2.20. The molecule has 0 aliphatic carbocycles. The number of ether oxygens (including phenoxy) is 4. The third-order valence-electron chi connectivity index (χ3n) is 9.64. The highest BCUT2D eigenvalue weighted by Crippen LogP contribution is 2.35. The highest BCUT2D eigenvalue weighted by molar-refractivity contribution is 6.00. The molecule has 2 aliphatic heterocycles. The lowest BCUT2D eigenvalue weighted by molar-refractivity contribution is -0.384. The number of hydrogen-bond acceptors (Lipinski definition) is 15. The zero-order valence-corrected chi connectivity index (χ0v) is 40.0. The summed E-state index contributed by atoms with van der Waals surface area (Å²) < 4.78 is 96.4. The van der Waals surface area contributed by atoms with E-state index in [1.807, 2.05) is 48.5 Å². The van der Waals surface area contributed by atoms with Crippen LogP contribution in [0.3, 0.4) is 0 Å². The van der Waals surface area contributed by atoms with Crippen molar-refractivity contribution >= 4 is 52.7 Å². The van der Waals surface area contributed by atoms with Crippen LogP contribution in [0.15, 0.2) is 139 Å². The summed E-state index contributed by atoms with van der Waals surface area (Å²) in [5, 5.41) is 32.6. The Morgan fingerprint density at radius 2 is 1.07 bits per heavy atom. The molecule has 0 aromatic heterocycles. The van der Waals surface area contributed by atoms with E-state index in [0.29, 0.717) is 55.8 Å². The number of urea groups is 1. The van der Waals surface area contributed by atoms with Gasteiger partial charge in [0.25, 0.3) is 5.69 Å². The number of nitroso groups, excluding NO2 is 1. The fourth-order valence-corrected chi connectivity index (χ4v) is 6.19. The van der Waals surface area contributed by atoms with Crippen LogP contribution < -0.4 is 22.1 Å². The predicted molar refractivity (Wildman–Crippen MR) is 273 cm³/mol. The number of nitro benzene ring substituents is 1. The summed E-state index contributed by atoms with van der Waals surface area (Å²) in [7, 11) is 0. The minimum Gasteiger partial charge on any atom is -0.399 e. The first-order valence-corrected chi connectivity index (χ1v) is 22.0. The maximum Gasteiger partial charge on any atom is 0.416 e. The Labute approximate surface area is 432 Å². The van der Waals surface area contributed by atoms with Crippen molar-refractivity contribution in [1.29, 1.82) is 0 Å². The summed E-state index contributed by atoms with van der Waals surface area (Å²) >= 11 is 0. The molecule has 6 aromatic carbocycles. The zero-order valence-electron chi connectivity index (χ0n) is 40.0. The molecule has 2 fully saturated rings. The van der Waals surface area contributed by atoms with Gasteiger partial charge in [-0.2, -0.15) is 26.3 Å². The molecule has 24 heteroatoms. The molecule has 0 saturated carbocycles. The number of alkyl halides is 6. The minimum atomic E-state index is -4.49. The van der Waals surface area contributed by atoms with Crippen LogP contribution in [0.4, 0.5) is 65.3 Å². The van der Waals surface area contributed by atoms with Crippen LogP contribution in [-0.4, -0.2) is 73.4 Å². The van der Waals surface area contributed by atoms with Crippen molar-refractivity contribution in [2.45, 2.75) is 46.2 Å². The molecular formula is C52H56F6N6O12. The van der Waals surface area contributed by atoms with E-state index in [4.69, 9.17) is 40.6 Å². The molecule has 2 amide bonds. The van der Waals surface area contributed by atoms with E-state index < -0.39 is 34.4 Å². The molecule has 2 saturated heterocycles. The number of carbonyl (C=O) groups is 3. The predicted octanol–water partition coefficient (Wildman–Crippen LogP) is 11.5. The number of aryl methyl sites for hydroxylation is 2.